The highest BCUT2D eigenvalue weighted by atomic mass is 16.5. The lowest BCUT2D eigenvalue weighted by atomic mass is 9.95. The molecule has 0 radical (unpaired) electrons. The SMILES string of the molecule is COCCc1noc(CN(C)C(=O)[C@@H]2COc3ccccc3C2)n1. The van der Waals surface area contributed by atoms with Crippen LogP contribution in [0.2, 0.25) is 0 Å². The molecule has 0 spiro atoms. The van der Waals surface area contributed by atoms with Crippen molar-refractivity contribution in [2.45, 2.75) is 19.4 Å². The standard InChI is InChI=1S/C17H21N3O4/c1-20(10-16-18-15(19-24-16)7-8-22-2)17(21)13-9-12-5-3-4-6-14(12)23-11-13/h3-6,13H,7-11H2,1-2H3/t13-/m0/s1. The van der Waals surface area contributed by atoms with Gasteiger partial charge in [-0.15, -0.1) is 0 Å². The molecule has 7 heteroatoms. The van der Waals surface area contributed by atoms with Crippen LogP contribution in [0.1, 0.15) is 17.3 Å². The van der Waals surface area contributed by atoms with Gasteiger partial charge in [0.05, 0.1) is 19.1 Å². The Hall–Kier alpha value is -2.41. The first-order valence-corrected chi connectivity index (χ1v) is 7.93. The third kappa shape index (κ3) is 3.73. The van der Waals surface area contributed by atoms with Gasteiger partial charge in [-0.2, -0.15) is 4.98 Å². The van der Waals surface area contributed by atoms with Crippen LogP contribution >= 0.6 is 0 Å². The number of aromatic nitrogens is 2. The van der Waals surface area contributed by atoms with Crippen LogP contribution in [0.15, 0.2) is 28.8 Å². The highest BCUT2D eigenvalue weighted by Gasteiger charge is 2.28. The Morgan fingerprint density at radius 2 is 2.25 bits per heavy atom. The van der Waals surface area contributed by atoms with Crippen molar-refractivity contribution >= 4 is 5.91 Å². The maximum Gasteiger partial charge on any atom is 0.246 e. The van der Waals surface area contributed by atoms with Crippen molar-refractivity contribution in [1.29, 1.82) is 0 Å². The van der Waals surface area contributed by atoms with Crippen LogP contribution in [0.25, 0.3) is 0 Å². The molecule has 1 aliphatic rings. The number of hydrogen-bond donors (Lipinski definition) is 0. The Balaban J connectivity index is 1.58. The molecule has 1 aromatic carbocycles. The maximum atomic E-state index is 12.6. The summed E-state index contributed by atoms with van der Waals surface area (Å²) in [6.07, 6.45) is 1.27. The van der Waals surface area contributed by atoms with Gasteiger partial charge in [-0.05, 0) is 18.1 Å². The van der Waals surface area contributed by atoms with Crippen molar-refractivity contribution in [2.75, 3.05) is 27.4 Å². The minimum Gasteiger partial charge on any atom is -0.492 e. The van der Waals surface area contributed by atoms with Crippen molar-refractivity contribution in [3.63, 3.8) is 0 Å². The van der Waals surface area contributed by atoms with Crippen molar-refractivity contribution in [3.8, 4) is 5.75 Å². The van der Waals surface area contributed by atoms with Gasteiger partial charge in [0.2, 0.25) is 11.8 Å². The fourth-order valence-electron chi connectivity index (χ4n) is 2.73. The summed E-state index contributed by atoms with van der Waals surface area (Å²) in [6, 6.07) is 7.82. The molecule has 1 aliphatic heterocycles. The molecule has 1 amide bonds. The Labute approximate surface area is 140 Å². The number of fused-ring (bicyclic) bond motifs is 1. The predicted octanol–water partition coefficient (Wildman–Crippen LogP) is 1.47. The van der Waals surface area contributed by atoms with E-state index >= 15 is 0 Å². The van der Waals surface area contributed by atoms with Crippen LogP contribution in [0, 0.1) is 5.92 Å². The Bertz CT molecular complexity index is 701. The number of nitrogens with zero attached hydrogens (tertiary/aromatic N) is 3. The zero-order valence-corrected chi connectivity index (χ0v) is 13.9. The average molecular weight is 331 g/mol. The second-order valence-electron chi connectivity index (χ2n) is 5.86. The lowest BCUT2D eigenvalue weighted by Gasteiger charge is -2.27. The number of para-hydroxylation sites is 1. The van der Waals surface area contributed by atoms with Gasteiger partial charge >= 0.3 is 0 Å². The first-order chi connectivity index (χ1) is 11.7. The third-order valence-electron chi connectivity index (χ3n) is 4.02. The summed E-state index contributed by atoms with van der Waals surface area (Å²) in [6.45, 7) is 1.21. The molecule has 0 fully saturated rings. The summed E-state index contributed by atoms with van der Waals surface area (Å²) in [4.78, 5) is 18.5. The second-order valence-corrected chi connectivity index (χ2v) is 5.86. The largest absolute Gasteiger partial charge is 0.492 e. The molecular weight excluding hydrogens is 310 g/mol. The molecular formula is C17H21N3O4. The van der Waals surface area contributed by atoms with E-state index in [1.807, 2.05) is 24.3 Å². The third-order valence-corrected chi connectivity index (χ3v) is 4.02. The lowest BCUT2D eigenvalue weighted by molar-refractivity contribution is -0.136. The normalized spacial score (nSPS) is 16.3. The van der Waals surface area contributed by atoms with Crippen LogP contribution in [0.4, 0.5) is 0 Å². The minimum atomic E-state index is -0.194. The van der Waals surface area contributed by atoms with E-state index in [0.717, 1.165) is 11.3 Å². The van der Waals surface area contributed by atoms with Crippen LogP contribution in [0.3, 0.4) is 0 Å². The average Bonchev–Trinajstić information content (AvgIpc) is 3.06. The van der Waals surface area contributed by atoms with Gasteiger partial charge in [-0.3, -0.25) is 4.79 Å². The number of carbonyl (C=O) groups is 1. The van der Waals surface area contributed by atoms with E-state index in [2.05, 4.69) is 10.1 Å². The van der Waals surface area contributed by atoms with E-state index in [1.165, 1.54) is 0 Å². The number of ether oxygens (including phenoxy) is 2. The van der Waals surface area contributed by atoms with Crippen LogP contribution < -0.4 is 4.74 Å². The second kappa shape index (κ2) is 7.44. The molecule has 0 aliphatic carbocycles. The highest BCUT2D eigenvalue weighted by Crippen LogP contribution is 2.27. The van der Waals surface area contributed by atoms with Crippen molar-refractivity contribution < 1.29 is 18.8 Å². The molecule has 0 saturated carbocycles. The smallest absolute Gasteiger partial charge is 0.246 e. The molecule has 0 N–H and O–H groups in total. The fourth-order valence-corrected chi connectivity index (χ4v) is 2.73. The minimum absolute atomic E-state index is 0.0149. The van der Waals surface area contributed by atoms with Gasteiger partial charge in [-0.1, -0.05) is 23.4 Å². The molecule has 128 valence electrons. The lowest BCUT2D eigenvalue weighted by Crippen LogP contribution is -2.38. The molecule has 0 unspecified atom stereocenters. The van der Waals surface area contributed by atoms with Gasteiger partial charge in [0.1, 0.15) is 12.4 Å². The molecule has 3 rings (SSSR count). The van der Waals surface area contributed by atoms with E-state index < -0.39 is 0 Å². The number of benzene rings is 1. The summed E-state index contributed by atoms with van der Waals surface area (Å²) in [5.41, 5.74) is 1.06. The molecule has 0 bridgehead atoms. The van der Waals surface area contributed by atoms with E-state index in [0.29, 0.717) is 37.8 Å². The fraction of sp³-hybridized carbons (Fsp3) is 0.471. The topological polar surface area (TPSA) is 77.7 Å². The van der Waals surface area contributed by atoms with Crippen molar-refractivity contribution in [3.05, 3.63) is 41.5 Å². The Kier molecular flexibility index (Phi) is 5.10. The van der Waals surface area contributed by atoms with Gasteiger partial charge in [-0.25, -0.2) is 0 Å². The summed E-state index contributed by atoms with van der Waals surface area (Å²) in [7, 11) is 3.36. The summed E-state index contributed by atoms with van der Waals surface area (Å²) < 4.78 is 15.9. The van der Waals surface area contributed by atoms with Gasteiger partial charge < -0.3 is 18.9 Å². The zero-order chi connectivity index (χ0) is 16.9. The first-order valence-electron chi connectivity index (χ1n) is 7.93. The number of carbonyl (C=O) groups excluding carboxylic acids is 1. The quantitative estimate of drug-likeness (QED) is 0.798. The Morgan fingerprint density at radius 3 is 3.08 bits per heavy atom. The predicted molar refractivity (Wildman–Crippen MR) is 85.5 cm³/mol. The molecule has 24 heavy (non-hydrogen) atoms. The van der Waals surface area contributed by atoms with E-state index in [1.54, 1.807) is 19.1 Å². The maximum absolute atomic E-state index is 12.6. The molecule has 0 saturated heterocycles. The van der Waals surface area contributed by atoms with E-state index in [9.17, 15) is 4.79 Å². The molecule has 7 nitrogen and oxygen atoms in total. The van der Waals surface area contributed by atoms with Crippen molar-refractivity contribution in [1.82, 2.24) is 15.0 Å². The monoisotopic (exact) mass is 331 g/mol. The van der Waals surface area contributed by atoms with Crippen molar-refractivity contribution in [2.24, 2.45) is 5.92 Å². The summed E-state index contributed by atoms with van der Waals surface area (Å²) in [5, 5.41) is 3.88. The number of methoxy groups -OCH3 is 1. The number of amides is 1. The zero-order valence-electron chi connectivity index (χ0n) is 13.9. The Morgan fingerprint density at radius 1 is 1.42 bits per heavy atom. The summed E-state index contributed by atoms with van der Waals surface area (Å²) in [5.74, 6) is 1.70. The summed E-state index contributed by atoms with van der Waals surface area (Å²) >= 11 is 0. The van der Waals surface area contributed by atoms with Crippen LogP contribution in [-0.2, 0) is 28.9 Å². The van der Waals surface area contributed by atoms with E-state index in [-0.39, 0.29) is 18.4 Å². The first kappa shape index (κ1) is 16.4. The number of rotatable bonds is 6. The molecule has 2 aromatic rings. The van der Waals surface area contributed by atoms with Crippen LogP contribution in [-0.4, -0.2) is 48.3 Å². The molecule has 1 aromatic heterocycles. The van der Waals surface area contributed by atoms with E-state index in [4.69, 9.17) is 14.0 Å². The number of hydrogen-bond acceptors (Lipinski definition) is 6. The molecule has 2 heterocycles. The highest BCUT2D eigenvalue weighted by molar-refractivity contribution is 5.79. The van der Waals surface area contributed by atoms with Gasteiger partial charge in [0.15, 0.2) is 5.82 Å². The molecule has 1 atom stereocenters. The van der Waals surface area contributed by atoms with Crippen LogP contribution in [0.5, 0.6) is 5.75 Å². The van der Waals surface area contributed by atoms with Gasteiger partial charge in [0, 0.05) is 20.6 Å². The van der Waals surface area contributed by atoms with Gasteiger partial charge in [0.25, 0.3) is 0 Å².